The quantitative estimate of drug-likeness (QED) is 0.751. The molecule has 1 aliphatic rings. The topological polar surface area (TPSA) is 126 Å². The maximum atomic E-state index is 12.0. The van der Waals surface area contributed by atoms with Crippen molar-refractivity contribution >= 4 is 16.2 Å². The molecule has 1 aromatic heterocycles. The number of carboxylic acids is 1. The second-order valence-electron chi connectivity index (χ2n) is 4.57. The highest BCUT2D eigenvalue weighted by molar-refractivity contribution is 7.87. The summed E-state index contributed by atoms with van der Waals surface area (Å²) in [6.45, 7) is 1.94. The van der Waals surface area contributed by atoms with Gasteiger partial charge in [0, 0.05) is 20.0 Å². The lowest BCUT2D eigenvalue weighted by molar-refractivity contribution is -0.142. The Labute approximate surface area is 116 Å². The fraction of sp³-hybridized carbons (Fsp3) is 0.700. The van der Waals surface area contributed by atoms with Crippen molar-refractivity contribution in [2.45, 2.75) is 26.3 Å². The summed E-state index contributed by atoms with van der Waals surface area (Å²) in [5.41, 5.74) is 0. The van der Waals surface area contributed by atoms with Crippen LogP contribution in [0.5, 0.6) is 0 Å². The van der Waals surface area contributed by atoms with Crippen molar-refractivity contribution in [3.05, 3.63) is 11.7 Å². The van der Waals surface area contributed by atoms with Crippen molar-refractivity contribution in [2.75, 3.05) is 13.1 Å². The van der Waals surface area contributed by atoms with Gasteiger partial charge in [-0.2, -0.15) is 22.4 Å². The van der Waals surface area contributed by atoms with E-state index in [1.807, 2.05) is 0 Å². The largest absolute Gasteiger partial charge is 0.481 e. The van der Waals surface area contributed by atoms with Gasteiger partial charge in [-0.05, 0) is 12.8 Å². The highest BCUT2D eigenvalue weighted by atomic mass is 32.2. The monoisotopic (exact) mass is 304 g/mol. The van der Waals surface area contributed by atoms with Gasteiger partial charge in [0.05, 0.1) is 12.5 Å². The molecule has 112 valence electrons. The van der Waals surface area contributed by atoms with Crippen molar-refractivity contribution in [3.63, 3.8) is 0 Å². The molecule has 0 aromatic carbocycles. The van der Waals surface area contributed by atoms with Crippen molar-refractivity contribution in [2.24, 2.45) is 5.92 Å². The van der Waals surface area contributed by atoms with Gasteiger partial charge < -0.3 is 9.63 Å². The standard InChI is InChI=1S/C10H16N4O5S/c1-7-12-9(13-19-7)6-11-20(17,18)14-4-2-8(3-5-14)10(15)16/h8,11H,2-6H2,1H3,(H,15,16). The number of hydrogen-bond acceptors (Lipinski definition) is 6. The Morgan fingerprint density at radius 1 is 1.50 bits per heavy atom. The Morgan fingerprint density at radius 2 is 2.15 bits per heavy atom. The summed E-state index contributed by atoms with van der Waals surface area (Å²) in [5, 5.41) is 12.5. The second kappa shape index (κ2) is 5.85. The summed E-state index contributed by atoms with van der Waals surface area (Å²) in [4.78, 5) is 14.7. The summed E-state index contributed by atoms with van der Waals surface area (Å²) >= 11 is 0. The van der Waals surface area contributed by atoms with Gasteiger partial charge in [-0.15, -0.1) is 0 Å². The first kappa shape index (κ1) is 14.9. The predicted molar refractivity (Wildman–Crippen MR) is 66.7 cm³/mol. The first-order valence-electron chi connectivity index (χ1n) is 6.15. The molecule has 0 radical (unpaired) electrons. The molecule has 0 bridgehead atoms. The zero-order valence-corrected chi connectivity index (χ0v) is 11.8. The van der Waals surface area contributed by atoms with Crippen LogP contribution in [0.2, 0.25) is 0 Å². The minimum Gasteiger partial charge on any atom is -0.481 e. The van der Waals surface area contributed by atoms with Crippen LogP contribution in [-0.4, -0.2) is 47.0 Å². The zero-order chi connectivity index (χ0) is 14.8. The van der Waals surface area contributed by atoms with Gasteiger partial charge in [0.2, 0.25) is 5.89 Å². The van der Waals surface area contributed by atoms with Gasteiger partial charge in [-0.1, -0.05) is 5.16 Å². The molecule has 0 unspecified atom stereocenters. The minimum atomic E-state index is -3.65. The third-order valence-corrected chi connectivity index (χ3v) is 4.68. The van der Waals surface area contributed by atoms with Crippen LogP contribution in [0.25, 0.3) is 0 Å². The van der Waals surface area contributed by atoms with Crippen LogP contribution < -0.4 is 4.72 Å². The Kier molecular flexibility index (Phi) is 4.35. The summed E-state index contributed by atoms with van der Waals surface area (Å²) < 4.78 is 32.4. The molecule has 2 heterocycles. The van der Waals surface area contributed by atoms with Crippen molar-refractivity contribution in [3.8, 4) is 0 Å². The molecule has 2 rings (SSSR count). The number of hydrogen-bond donors (Lipinski definition) is 2. The lowest BCUT2D eigenvalue weighted by atomic mass is 9.99. The Morgan fingerprint density at radius 3 is 2.65 bits per heavy atom. The van der Waals surface area contributed by atoms with Crippen LogP contribution in [0.4, 0.5) is 0 Å². The van der Waals surface area contributed by atoms with Crippen LogP contribution in [-0.2, 0) is 21.5 Å². The minimum absolute atomic E-state index is 0.0570. The summed E-state index contributed by atoms with van der Waals surface area (Å²) in [5.74, 6) is -0.730. The smallest absolute Gasteiger partial charge is 0.306 e. The van der Waals surface area contributed by atoms with Crippen LogP contribution in [0, 0.1) is 12.8 Å². The van der Waals surface area contributed by atoms with E-state index in [2.05, 4.69) is 14.9 Å². The van der Waals surface area contributed by atoms with Gasteiger partial charge >= 0.3 is 5.97 Å². The number of aromatic nitrogens is 2. The van der Waals surface area contributed by atoms with E-state index in [1.165, 1.54) is 4.31 Å². The van der Waals surface area contributed by atoms with Gasteiger partial charge in [-0.25, -0.2) is 0 Å². The number of carbonyl (C=O) groups is 1. The van der Waals surface area contributed by atoms with E-state index < -0.39 is 22.1 Å². The van der Waals surface area contributed by atoms with Gasteiger partial charge in [-0.3, -0.25) is 4.79 Å². The molecule has 10 heteroatoms. The third-order valence-electron chi connectivity index (χ3n) is 3.13. The average Bonchev–Trinajstić information content (AvgIpc) is 2.82. The summed E-state index contributed by atoms with van der Waals surface area (Å²) in [6, 6.07) is 0. The van der Waals surface area contributed by atoms with E-state index in [4.69, 9.17) is 9.63 Å². The molecule has 0 amide bonds. The van der Waals surface area contributed by atoms with Gasteiger partial charge in [0.25, 0.3) is 10.2 Å². The first-order valence-corrected chi connectivity index (χ1v) is 7.59. The highest BCUT2D eigenvalue weighted by Crippen LogP contribution is 2.19. The molecular weight excluding hydrogens is 288 g/mol. The van der Waals surface area contributed by atoms with Crippen molar-refractivity contribution in [1.82, 2.24) is 19.2 Å². The highest BCUT2D eigenvalue weighted by Gasteiger charge is 2.30. The van der Waals surface area contributed by atoms with E-state index in [0.717, 1.165) is 0 Å². The maximum absolute atomic E-state index is 12.0. The Bertz CT molecular complexity index is 576. The second-order valence-corrected chi connectivity index (χ2v) is 6.32. The molecule has 9 nitrogen and oxygen atoms in total. The number of nitrogens with zero attached hydrogens (tertiary/aromatic N) is 3. The molecule has 0 atom stereocenters. The van der Waals surface area contributed by atoms with Crippen LogP contribution in [0.3, 0.4) is 0 Å². The number of piperidine rings is 1. The molecule has 20 heavy (non-hydrogen) atoms. The fourth-order valence-electron chi connectivity index (χ4n) is 2.00. The fourth-order valence-corrected chi connectivity index (χ4v) is 3.19. The number of rotatable bonds is 5. The number of carboxylic acid groups (broad SMARTS) is 1. The van der Waals surface area contributed by atoms with Gasteiger partial charge in [0.15, 0.2) is 5.82 Å². The van der Waals surface area contributed by atoms with E-state index in [9.17, 15) is 13.2 Å². The third kappa shape index (κ3) is 3.52. The molecule has 0 spiro atoms. The molecule has 1 saturated heterocycles. The molecule has 2 N–H and O–H groups in total. The molecule has 0 saturated carbocycles. The Balaban J connectivity index is 1.89. The van der Waals surface area contributed by atoms with Crippen molar-refractivity contribution < 1.29 is 22.8 Å². The van der Waals surface area contributed by atoms with E-state index in [-0.39, 0.29) is 25.5 Å². The number of nitrogens with one attached hydrogen (secondary N) is 1. The molecule has 1 fully saturated rings. The van der Waals surface area contributed by atoms with Crippen molar-refractivity contribution in [1.29, 1.82) is 0 Å². The average molecular weight is 304 g/mol. The van der Waals surface area contributed by atoms with Crippen LogP contribution in [0.1, 0.15) is 24.6 Å². The molecule has 1 aromatic rings. The number of aliphatic carboxylic acids is 1. The van der Waals surface area contributed by atoms with E-state index in [0.29, 0.717) is 18.7 Å². The van der Waals surface area contributed by atoms with Gasteiger partial charge in [0.1, 0.15) is 0 Å². The first-order chi connectivity index (χ1) is 9.38. The zero-order valence-electron chi connectivity index (χ0n) is 10.9. The Hall–Kier alpha value is -1.52. The SMILES string of the molecule is Cc1nc(CNS(=O)(=O)N2CCC(C(=O)O)CC2)no1. The molecular formula is C10H16N4O5S. The molecule has 1 aliphatic heterocycles. The normalized spacial score (nSPS) is 18.2. The van der Waals surface area contributed by atoms with Crippen LogP contribution in [0.15, 0.2) is 4.52 Å². The molecule has 0 aliphatic carbocycles. The van der Waals surface area contributed by atoms with Crippen LogP contribution >= 0.6 is 0 Å². The predicted octanol–water partition coefficient (Wildman–Crippen LogP) is -0.491. The number of aryl methyl sites for hydroxylation is 1. The lowest BCUT2D eigenvalue weighted by Gasteiger charge is -2.29. The van der Waals surface area contributed by atoms with E-state index >= 15 is 0 Å². The summed E-state index contributed by atoms with van der Waals surface area (Å²) in [6.07, 6.45) is 0.634. The maximum Gasteiger partial charge on any atom is 0.306 e. The summed E-state index contributed by atoms with van der Waals surface area (Å²) in [7, 11) is -3.65. The lowest BCUT2D eigenvalue weighted by Crippen LogP contribution is -2.45. The van der Waals surface area contributed by atoms with E-state index in [1.54, 1.807) is 6.92 Å².